The zero-order chi connectivity index (χ0) is 30.9. The van der Waals surface area contributed by atoms with Crippen LogP contribution in [0.1, 0.15) is 76.2 Å². The summed E-state index contributed by atoms with van der Waals surface area (Å²) >= 11 is 0. The van der Waals surface area contributed by atoms with Gasteiger partial charge in [-0.25, -0.2) is 9.98 Å². The number of furan rings is 1. The molecule has 3 aromatic rings. The van der Waals surface area contributed by atoms with Crippen molar-refractivity contribution in [3.05, 3.63) is 102 Å². The molecule has 2 aromatic carbocycles. The van der Waals surface area contributed by atoms with Crippen LogP contribution in [0.25, 0.3) is 11.8 Å². The fourth-order valence-corrected chi connectivity index (χ4v) is 4.96. The van der Waals surface area contributed by atoms with E-state index < -0.39 is 5.60 Å². The molecule has 8 heteroatoms. The van der Waals surface area contributed by atoms with Gasteiger partial charge in [-0.2, -0.15) is 0 Å². The molecule has 8 nitrogen and oxygen atoms in total. The minimum Gasteiger partial charge on any atom is -0.494 e. The van der Waals surface area contributed by atoms with E-state index in [4.69, 9.17) is 18.9 Å². The van der Waals surface area contributed by atoms with E-state index in [-0.39, 0.29) is 11.9 Å². The number of amidine groups is 1. The highest BCUT2D eigenvalue weighted by atomic mass is 16.6. The molecule has 0 fully saturated rings. The SMILES string of the molecule is CC(C)(C)OC(=O)CCCCCCCOc1ccc(C2=CN3C(=O)/C(=C/c4ccco4)N=C3C(Cc3ccccc3)=N2)cc1. The molecule has 1 aromatic heterocycles. The molecular weight excluding hydrogens is 554 g/mol. The average molecular weight is 594 g/mol. The van der Waals surface area contributed by atoms with E-state index in [0.717, 1.165) is 54.7 Å². The van der Waals surface area contributed by atoms with Crippen LogP contribution < -0.4 is 4.74 Å². The number of amides is 1. The predicted molar refractivity (Wildman–Crippen MR) is 172 cm³/mol. The van der Waals surface area contributed by atoms with E-state index in [9.17, 15) is 9.59 Å². The molecule has 0 aliphatic carbocycles. The fraction of sp³-hybridized carbons (Fsp3) is 0.333. The van der Waals surface area contributed by atoms with Gasteiger partial charge in [0.2, 0.25) is 0 Å². The van der Waals surface area contributed by atoms with E-state index in [0.29, 0.717) is 42.4 Å². The van der Waals surface area contributed by atoms with Crippen molar-refractivity contribution in [1.82, 2.24) is 4.90 Å². The number of esters is 1. The second-order valence-corrected chi connectivity index (χ2v) is 11.9. The Bertz CT molecular complexity index is 1560. The maximum atomic E-state index is 13.4. The highest BCUT2D eigenvalue weighted by Crippen LogP contribution is 2.29. The van der Waals surface area contributed by atoms with Crippen molar-refractivity contribution in [1.29, 1.82) is 0 Å². The van der Waals surface area contributed by atoms with Gasteiger partial charge >= 0.3 is 5.97 Å². The molecule has 0 bridgehead atoms. The number of unbranched alkanes of at least 4 members (excludes halogenated alkanes) is 4. The Hall–Kier alpha value is -4.72. The molecule has 228 valence electrons. The number of benzene rings is 2. The standard InChI is InChI=1S/C36H39N3O5/c1-36(2,3)44-33(40)16-10-5-4-6-11-21-42-28-19-17-27(18-20-28)32-25-39-34(30(37-32)23-26-13-8-7-9-14-26)38-31(35(39)41)24-29-15-12-22-43-29/h7-9,12-15,17-20,22,24-25H,4-6,10-11,16,21,23H2,1-3H3/b31-24-. The van der Waals surface area contributed by atoms with Crippen molar-refractivity contribution in [2.45, 2.75) is 71.3 Å². The van der Waals surface area contributed by atoms with E-state index in [1.807, 2.05) is 75.4 Å². The maximum absolute atomic E-state index is 13.4. The topological polar surface area (TPSA) is 93.7 Å². The summed E-state index contributed by atoms with van der Waals surface area (Å²) in [7, 11) is 0. The van der Waals surface area contributed by atoms with Crippen LogP contribution in [0.4, 0.5) is 0 Å². The predicted octanol–water partition coefficient (Wildman–Crippen LogP) is 7.62. The lowest BCUT2D eigenvalue weighted by atomic mass is 10.0. The molecular formula is C36H39N3O5. The van der Waals surface area contributed by atoms with E-state index >= 15 is 0 Å². The fourth-order valence-electron chi connectivity index (χ4n) is 4.96. The highest BCUT2D eigenvalue weighted by molar-refractivity contribution is 6.48. The molecule has 1 amide bonds. The first-order chi connectivity index (χ1) is 21.2. The van der Waals surface area contributed by atoms with Gasteiger partial charge in [0, 0.05) is 30.7 Å². The van der Waals surface area contributed by atoms with E-state index in [2.05, 4.69) is 4.99 Å². The Labute approximate surface area is 258 Å². The normalized spacial score (nSPS) is 15.5. The van der Waals surface area contributed by atoms with Gasteiger partial charge in [0.1, 0.15) is 22.8 Å². The summed E-state index contributed by atoms with van der Waals surface area (Å²) in [5, 5.41) is 0. The molecule has 0 saturated heterocycles. The van der Waals surface area contributed by atoms with Gasteiger partial charge in [0.05, 0.1) is 24.3 Å². The Morgan fingerprint density at radius 1 is 0.909 bits per heavy atom. The minimum absolute atomic E-state index is 0.126. The van der Waals surface area contributed by atoms with Crippen molar-refractivity contribution in [2.24, 2.45) is 9.98 Å². The van der Waals surface area contributed by atoms with Crippen LogP contribution in [-0.2, 0) is 20.7 Å². The van der Waals surface area contributed by atoms with Gasteiger partial charge in [-0.3, -0.25) is 14.5 Å². The van der Waals surface area contributed by atoms with Gasteiger partial charge < -0.3 is 13.9 Å². The zero-order valence-electron chi connectivity index (χ0n) is 25.6. The molecule has 0 N–H and O–H groups in total. The smallest absolute Gasteiger partial charge is 0.306 e. The number of fused-ring (bicyclic) bond motifs is 1. The summed E-state index contributed by atoms with van der Waals surface area (Å²) in [5.74, 6) is 1.53. The number of hydrogen-bond acceptors (Lipinski definition) is 7. The summed E-state index contributed by atoms with van der Waals surface area (Å²) in [6.07, 6.45) is 10.9. The molecule has 0 unspecified atom stereocenters. The number of hydrogen-bond donors (Lipinski definition) is 0. The lowest BCUT2D eigenvalue weighted by Gasteiger charge is -2.22. The summed E-state index contributed by atoms with van der Waals surface area (Å²) in [4.78, 5) is 36.4. The third-order valence-corrected chi connectivity index (χ3v) is 7.06. The van der Waals surface area contributed by atoms with Gasteiger partial charge in [-0.05, 0) is 75.6 Å². The maximum Gasteiger partial charge on any atom is 0.306 e. The largest absolute Gasteiger partial charge is 0.494 e. The number of nitrogens with zero attached hydrogens (tertiary/aromatic N) is 3. The average Bonchev–Trinajstić information content (AvgIpc) is 3.62. The van der Waals surface area contributed by atoms with Crippen LogP contribution in [0, 0.1) is 0 Å². The van der Waals surface area contributed by atoms with Gasteiger partial charge in [0.15, 0.2) is 5.84 Å². The number of ether oxygens (including phenoxy) is 2. The van der Waals surface area contributed by atoms with Crippen LogP contribution in [0.15, 0.2) is 99.3 Å². The van der Waals surface area contributed by atoms with Crippen LogP contribution in [0.3, 0.4) is 0 Å². The van der Waals surface area contributed by atoms with E-state index in [1.54, 1.807) is 35.6 Å². The molecule has 0 spiro atoms. The van der Waals surface area contributed by atoms with Crippen LogP contribution in [-0.4, -0.2) is 40.5 Å². The first kappa shape index (κ1) is 30.7. The first-order valence-corrected chi connectivity index (χ1v) is 15.2. The van der Waals surface area contributed by atoms with Crippen molar-refractivity contribution in [3.63, 3.8) is 0 Å². The van der Waals surface area contributed by atoms with Crippen LogP contribution in [0.2, 0.25) is 0 Å². The summed E-state index contributed by atoms with van der Waals surface area (Å²) in [6.45, 7) is 6.29. The van der Waals surface area contributed by atoms with Crippen LogP contribution in [0.5, 0.6) is 5.75 Å². The first-order valence-electron chi connectivity index (χ1n) is 15.2. The quantitative estimate of drug-likeness (QED) is 0.115. The third kappa shape index (κ3) is 8.43. The molecule has 5 rings (SSSR count). The van der Waals surface area contributed by atoms with Crippen molar-refractivity contribution >= 4 is 35.2 Å². The Morgan fingerprint density at radius 2 is 1.66 bits per heavy atom. The lowest BCUT2D eigenvalue weighted by Crippen LogP contribution is -2.36. The molecule has 0 saturated carbocycles. The Morgan fingerprint density at radius 3 is 2.39 bits per heavy atom. The second-order valence-electron chi connectivity index (χ2n) is 11.9. The number of carbonyl (C=O) groups excluding carboxylic acids is 2. The lowest BCUT2D eigenvalue weighted by molar-refractivity contribution is -0.154. The van der Waals surface area contributed by atoms with Crippen LogP contribution >= 0.6 is 0 Å². The molecule has 3 heterocycles. The molecule has 0 radical (unpaired) electrons. The number of carbonyl (C=O) groups is 2. The van der Waals surface area contributed by atoms with Crippen molar-refractivity contribution < 1.29 is 23.5 Å². The van der Waals surface area contributed by atoms with Gasteiger partial charge in [-0.15, -0.1) is 0 Å². The summed E-state index contributed by atoms with van der Waals surface area (Å²) < 4.78 is 16.7. The highest BCUT2D eigenvalue weighted by Gasteiger charge is 2.35. The monoisotopic (exact) mass is 593 g/mol. The van der Waals surface area contributed by atoms with Gasteiger partial charge in [0.25, 0.3) is 5.91 Å². The van der Waals surface area contributed by atoms with Gasteiger partial charge in [-0.1, -0.05) is 49.6 Å². The third-order valence-electron chi connectivity index (χ3n) is 7.06. The summed E-state index contributed by atoms with van der Waals surface area (Å²) in [6, 6.07) is 21.4. The molecule has 2 aliphatic heterocycles. The zero-order valence-corrected chi connectivity index (χ0v) is 25.6. The minimum atomic E-state index is -0.424. The number of rotatable bonds is 13. The second kappa shape index (κ2) is 14.2. The Balaban J connectivity index is 1.17. The molecule has 2 aliphatic rings. The molecule has 0 atom stereocenters. The summed E-state index contributed by atoms with van der Waals surface area (Å²) in [5.41, 5.74) is 3.24. The van der Waals surface area contributed by atoms with Crippen molar-refractivity contribution in [3.8, 4) is 5.75 Å². The van der Waals surface area contributed by atoms with Crippen molar-refractivity contribution in [2.75, 3.05) is 6.61 Å². The Kier molecular flexibility index (Phi) is 9.89. The number of aliphatic imine (C=N–C) groups is 2. The molecule has 44 heavy (non-hydrogen) atoms. The van der Waals surface area contributed by atoms with E-state index in [1.165, 1.54) is 0 Å².